The van der Waals surface area contributed by atoms with Gasteiger partial charge in [-0.25, -0.2) is 8.42 Å². The average molecular weight is 376 g/mol. The van der Waals surface area contributed by atoms with Crippen molar-refractivity contribution in [3.8, 4) is 11.5 Å². The third kappa shape index (κ3) is 4.45. The SMILES string of the molecule is CS(=O)(=O)N(CC(=O)NC[C@H]1COc2ccccc2O1)c1ccccc1. The standard InChI is InChI=1S/C18H20N2O5S/c1-26(22,23)20(14-7-3-2-4-8-14)12-18(21)19-11-15-13-24-16-9-5-6-10-17(16)25-15/h2-10,15H,11-13H2,1H3,(H,19,21)/t15-/m0/s1. The van der Waals surface area contributed by atoms with Crippen LogP contribution >= 0.6 is 0 Å². The lowest BCUT2D eigenvalue weighted by Gasteiger charge is -2.27. The first-order valence-corrected chi connectivity index (χ1v) is 9.96. The topological polar surface area (TPSA) is 84.9 Å². The van der Waals surface area contributed by atoms with Gasteiger partial charge < -0.3 is 14.8 Å². The molecule has 0 aliphatic carbocycles. The van der Waals surface area contributed by atoms with E-state index in [2.05, 4.69) is 5.32 Å². The smallest absolute Gasteiger partial charge is 0.240 e. The molecule has 1 N–H and O–H groups in total. The second-order valence-electron chi connectivity index (χ2n) is 5.91. The van der Waals surface area contributed by atoms with Gasteiger partial charge in [0.15, 0.2) is 11.5 Å². The van der Waals surface area contributed by atoms with Gasteiger partial charge in [0.1, 0.15) is 19.3 Å². The van der Waals surface area contributed by atoms with E-state index in [0.29, 0.717) is 23.8 Å². The fourth-order valence-corrected chi connectivity index (χ4v) is 3.43. The van der Waals surface area contributed by atoms with Gasteiger partial charge in [-0.1, -0.05) is 30.3 Å². The predicted molar refractivity (Wildman–Crippen MR) is 98.0 cm³/mol. The van der Waals surface area contributed by atoms with E-state index >= 15 is 0 Å². The average Bonchev–Trinajstić information content (AvgIpc) is 2.64. The lowest BCUT2D eigenvalue weighted by atomic mass is 10.2. The number of sulfonamides is 1. The lowest BCUT2D eigenvalue weighted by Crippen LogP contribution is -2.45. The maximum atomic E-state index is 12.2. The highest BCUT2D eigenvalue weighted by Crippen LogP contribution is 2.30. The fraction of sp³-hybridized carbons (Fsp3) is 0.278. The molecule has 0 aromatic heterocycles. The number of para-hydroxylation sites is 3. The predicted octanol–water partition coefficient (Wildman–Crippen LogP) is 1.41. The molecule has 26 heavy (non-hydrogen) atoms. The zero-order valence-corrected chi connectivity index (χ0v) is 15.1. The van der Waals surface area contributed by atoms with Gasteiger partial charge in [-0.3, -0.25) is 9.10 Å². The Kier molecular flexibility index (Phi) is 5.32. The summed E-state index contributed by atoms with van der Waals surface area (Å²) >= 11 is 0. The number of benzene rings is 2. The Morgan fingerprint density at radius 3 is 2.46 bits per heavy atom. The number of carbonyl (C=O) groups is 1. The molecule has 0 radical (unpaired) electrons. The van der Waals surface area contributed by atoms with E-state index in [-0.39, 0.29) is 19.2 Å². The van der Waals surface area contributed by atoms with Gasteiger partial charge in [0.2, 0.25) is 15.9 Å². The maximum Gasteiger partial charge on any atom is 0.240 e. The molecular weight excluding hydrogens is 356 g/mol. The summed E-state index contributed by atoms with van der Waals surface area (Å²) in [5.74, 6) is 0.879. The molecule has 0 saturated heterocycles. The summed E-state index contributed by atoms with van der Waals surface area (Å²) in [6.07, 6.45) is 0.736. The van der Waals surface area contributed by atoms with Gasteiger partial charge in [0, 0.05) is 0 Å². The van der Waals surface area contributed by atoms with Crippen molar-refractivity contribution in [3.63, 3.8) is 0 Å². The van der Waals surface area contributed by atoms with Crippen molar-refractivity contribution in [3.05, 3.63) is 54.6 Å². The minimum atomic E-state index is -3.58. The molecule has 138 valence electrons. The van der Waals surface area contributed by atoms with E-state index in [1.54, 1.807) is 36.4 Å². The van der Waals surface area contributed by atoms with Gasteiger partial charge in [-0.05, 0) is 24.3 Å². The number of hydrogen-bond donors (Lipinski definition) is 1. The Morgan fingerprint density at radius 2 is 1.77 bits per heavy atom. The Bertz CT molecular complexity index is 870. The number of nitrogens with zero attached hydrogens (tertiary/aromatic N) is 1. The van der Waals surface area contributed by atoms with Gasteiger partial charge in [0.05, 0.1) is 18.5 Å². The van der Waals surface area contributed by atoms with Crippen molar-refractivity contribution in [1.82, 2.24) is 5.32 Å². The van der Waals surface area contributed by atoms with E-state index < -0.39 is 15.9 Å². The number of anilines is 1. The summed E-state index contributed by atoms with van der Waals surface area (Å²) in [6.45, 7) is 0.234. The fourth-order valence-electron chi connectivity index (χ4n) is 2.57. The zero-order chi connectivity index (χ0) is 18.6. The summed E-state index contributed by atoms with van der Waals surface area (Å²) in [4.78, 5) is 12.2. The normalized spacial score (nSPS) is 16.0. The van der Waals surface area contributed by atoms with Crippen molar-refractivity contribution < 1.29 is 22.7 Å². The molecule has 3 rings (SSSR count). The van der Waals surface area contributed by atoms with Crippen molar-refractivity contribution in [2.45, 2.75) is 6.10 Å². The second kappa shape index (κ2) is 7.65. The molecule has 0 spiro atoms. The van der Waals surface area contributed by atoms with Crippen molar-refractivity contribution in [1.29, 1.82) is 0 Å². The van der Waals surface area contributed by atoms with Gasteiger partial charge in [-0.15, -0.1) is 0 Å². The summed E-state index contributed by atoms with van der Waals surface area (Å²) in [5, 5.41) is 2.71. The third-order valence-corrected chi connectivity index (χ3v) is 4.97. The summed E-state index contributed by atoms with van der Waals surface area (Å²) in [6, 6.07) is 15.8. The van der Waals surface area contributed by atoms with Crippen molar-refractivity contribution in [2.75, 3.05) is 30.3 Å². The molecule has 8 heteroatoms. The number of rotatable bonds is 6. The van der Waals surface area contributed by atoms with E-state index in [4.69, 9.17) is 9.47 Å². The Labute approximate surface area is 152 Å². The van der Waals surface area contributed by atoms with Crippen LogP contribution in [0.15, 0.2) is 54.6 Å². The Morgan fingerprint density at radius 1 is 1.12 bits per heavy atom. The molecule has 1 heterocycles. The van der Waals surface area contributed by atoms with Gasteiger partial charge in [0.25, 0.3) is 0 Å². The first-order valence-electron chi connectivity index (χ1n) is 8.11. The Hall–Kier alpha value is -2.74. The van der Waals surface area contributed by atoms with Gasteiger partial charge in [-0.2, -0.15) is 0 Å². The molecule has 1 amide bonds. The summed E-state index contributed by atoms with van der Waals surface area (Å²) < 4.78 is 36.4. The largest absolute Gasteiger partial charge is 0.486 e. The van der Waals surface area contributed by atoms with E-state index in [9.17, 15) is 13.2 Å². The van der Waals surface area contributed by atoms with Crippen molar-refractivity contribution in [2.24, 2.45) is 0 Å². The summed E-state index contributed by atoms with van der Waals surface area (Å²) in [7, 11) is -3.58. The summed E-state index contributed by atoms with van der Waals surface area (Å²) in [5.41, 5.74) is 0.441. The molecule has 0 bridgehead atoms. The first-order chi connectivity index (χ1) is 12.4. The van der Waals surface area contributed by atoms with Crippen LogP contribution in [0.2, 0.25) is 0 Å². The number of ether oxygens (including phenoxy) is 2. The number of amides is 1. The molecule has 2 aromatic rings. The molecule has 2 aromatic carbocycles. The number of fused-ring (bicyclic) bond motifs is 1. The minimum absolute atomic E-state index is 0.222. The lowest BCUT2D eigenvalue weighted by molar-refractivity contribution is -0.120. The van der Waals surface area contributed by atoms with Crippen LogP contribution in [0.4, 0.5) is 5.69 Å². The molecular formula is C18H20N2O5S. The zero-order valence-electron chi connectivity index (χ0n) is 14.3. The van der Waals surface area contributed by atoms with Gasteiger partial charge >= 0.3 is 0 Å². The third-order valence-electron chi connectivity index (χ3n) is 3.83. The number of hydrogen-bond acceptors (Lipinski definition) is 5. The minimum Gasteiger partial charge on any atom is -0.486 e. The molecule has 7 nitrogen and oxygen atoms in total. The highest BCUT2D eigenvalue weighted by atomic mass is 32.2. The quantitative estimate of drug-likeness (QED) is 0.824. The molecule has 0 unspecified atom stereocenters. The van der Waals surface area contributed by atoms with E-state index in [1.807, 2.05) is 18.2 Å². The second-order valence-corrected chi connectivity index (χ2v) is 7.81. The van der Waals surface area contributed by atoms with E-state index in [0.717, 1.165) is 10.6 Å². The number of nitrogens with one attached hydrogen (secondary N) is 1. The monoisotopic (exact) mass is 376 g/mol. The number of carbonyl (C=O) groups excluding carboxylic acids is 1. The molecule has 1 aliphatic rings. The van der Waals surface area contributed by atoms with Crippen LogP contribution in [-0.4, -0.2) is 46.4 Å². The Balaban J connectivity index is 1.58. The molecule has 1 atom stereocenters. The highest BCUT2D eigenvalue weighted by Gasteiger charge is 2.23. The van der Waals surface area contributed by atoms with Crippen LogP contribution in [0.5, 0.6) is 11.5 Å². The van der Waals surface area contributed by atoms with Crippen LogP contribution in [0.1, 0.15) is 0 Å². The van der Waals surface area contributed by atoms with Crippen molar-refractivity contribution >= 4 is 21.6 Å². The van der Waals surface area contributed by atoms with Crippen LogP contribution in [0.25, 0.3) is 0 Å². The van der Waals surface area contributed by atoms with Crippen LogP contribution in [0, 0.1) is 0 Å². The highest BCUT2D eigenvalue weighted by molar-refractivity contribution is 7.92. The molecule has 0 fully saturated rings. The van der Waals surface area contributed by atoms with Crippen LogP contribution < -0.4 is 19.1 Å². The molecule has 0 saturated carbocycles. The molecule has 1 aliphatic heterocycles. The maximum absolute atomic E-state index is 12.2. The first kappa shape index (κ1) is 18.1. The van der Waals surface area contributed by atoms with Crippen LogP contribution in [-0.2, 0) is 14.8 Å². The van der Waals surface area contributed by atoms with Crippen LogP contribution in [0.3, 0.4) is 0 Å². The van der Waals surface area contributed by atoms with E-state index in [1.165, 1.54) is 0 Å².